The van der Waals surface area contributed by atoms with Gasteiger partial charge in [-0.2, -0.15) is 0 Å². The third-order valence-electron chi connectivity index (χ3n) is 2.96. The minimum Gasteiger partial charge on any atom is -0.299 e. The molecule has 0 saturated carbocycles. The summed E-state index contributed by atoms with van der Waals surface area (Å²) in [6.07, 6.45) is 0.529. The fraction of sp³-hybridized carbons (Fsp3) is 0.667. The molecule has 2 rings (SSSR count). The van der Waals surface area contributed by atoms with E-state index in [1.165, 1.54) is 4.68 Å². The predicted octanol–water partition coefficient (Wildman–Crippen LogP) is 0.153. The summed E-state index contributed by atoms with van der Waals surface area (Å²) in [6.45, 7) is 3.56. The Bertz CT molecular complexity index is 538. The zero-order valence-corrected chi connectivity index (χ0v) is 9.60. The van der Waals surface area contributed by atoms with E-state index in [0.717, 1.165) is 5.69 Å². The van der Waals surface area contributed by atoms with E-state index in [4.69, 9.17) is 0 Å². The van der Waals surface area contributed by atoms with E-state index in [1.807, 2.05) is 6.92 Å². The van der Waals surface area contributed by atoms with Crippen LogP contribution in [0, 0.1) is 13.8 Å². The molecule has 1 aliphatic heterocycles. The van der Waals surface area contributed by atoms with Gasteiger partial charge in [-0.15, -0.1) is 0 Å². The average Bonchev–Trinajstić information content (AvgIpc) is 2.62. The van der Waals surface area contributed by atoms with Crippen LogP contribution in [0.15, 0.2) is 4.79 Å². The number of hydrogen-bond donors (Lipinski definition) is 1. The van der Waals surface area contributed by atoms with Crippen LogP contribution in [0.25, 0.3) is 0 Å². The quantitative estimate of drug-likeness (QED) is 0.746. The highest BCUT2D eigenvalue weighted by atomic mass is 32.2. The van der Waals surface area contributed by atoms with Gasteiger partial charge in [-0.1, -0.05) is 0 Å². The molecule has 15 heavy (non-hydrogen) atoms. The summed E-state index contributed by atoms with van der Waals surface area (Å²) in [6, 6.07) is -0.213. The Morgan fingerprint density at radius 1 is 1.40 bits per heavy atom. The van der Waals surface area contributed by atoms with Crippen molar-refractivity contribution in [2.24, 2.45) is 0 Å². The number of H-pyrrole nitrogens is 1. The van der Waals surface area contributed by atoms with Gasteiger partial charge in [0.2, 0.25) is 0 Å². The maximum atomic E-state index is 11.7. The van der Waals surface area contributed by atoms with Gasteiger partial charge in [0.15, 0.2) is 9.84 Å². The molecule has 0 amide bonds. The molecular formula is C9H14N2O3S. The molecule has 0 spiro atoms. The lowest BCUT2D eigenvalue weighted by Gasteiger charge is -2.07. The van der Waals surface area contributed by atoms with Crippen molar-refractivity contribution in [3.8, 4) is 0 Å². The summed E-state index contributed by atoms with van der Waals surface area (Å²) in [4.78, 5) is 11.7. The first-order valence-electron chi connectivity index (χ1n) is 4.89. The van der Waals surface area contributed by atoms with Gasteiger partial charge >= 0.3 is 0 Å². The summed E-state index contributed by atoms with van der Waals surface area (Å²) in [5.74, 6) is 0.257. The Morgan fingerprint density at radius 3 is 2.47 bits per heavy atom. The SMILES string of the molecule is Cc1[nH]n([C@@H]2CCS(=O)(=O)C2)c(=O)c1C. The Morgan fingerprint density at radius 2 is 2.07 bits per heavy atom. The molecule has 1 fully saturated rings. The fourth-order valence-electron chi connectivity index (χ4n) is 1.89. The molecule has 1 atom stereocenters. The molecule has 84 valence electrons. The minimum absolute atomic E-state index is 0.0757. The topological polar surface area (TPSA) is 71.9 Å². The Kier molecular flexibility index (Phi) is 2.26. The third-order valence-corrected chi connectivity index (χ3v) is 4.71. The number of aryl methyl sites for hydroxylation is 1. The monoisotopic (exact) mass is 230 g/mol. The lowest BCUT2D eigenvalue weighted by molar-refractivity contribution is 0.483. The first-order chi connectivity index (χ1) is 6.91. The molecule has 0 unspecified atom stereocenters. The van der Waals surface area contributed by atoms with Crippen LogP contribution in [-0.2, 0) is 9.84 Å². The van der Waals surface area contributed by atoms with Gasteiger partial charge in [-0.3, -0.25) is 9.89 Å². The molecule has 0 aliphatic carbocycles. The Balaban J connectivity index is 2.40. The van der Waals surface area contributed by atoms with Gasteiger partial charge in [0.1, 0.15) is 0 Å². The van der Waals surface area contributed by atoms with Crippen molar-refractivity contribution in [1.29, 1.82) is 0 Å². The zero-order valence-electron chi connectivity index (χ0n) is 8.78. The molecule has 1 saturated heterocycles. The van der Waals surface area contributed by atoms with Gasteiger partial charge in [-0.05, 0) is 20.3 Å². The molecule has 1 aromatic rings. The highest BCUT2D eigenvalue weighted by Crippen LogP contribution is 2.21. The van der Waals surface area contributed by atoms with Crippen molar-refractivity contribution in [2.45, 2.75) is 26.3 Å². The standard InChI is InChI=1S/C9H14N2O3S/c1-6-7(2)10-11(9(6)12)8-3-4-15(13,14)5-8/h8,10H,3-5H2,1-2H3/t8-/m1/s1. The number of nitrogens with zero attached hydrogens (tertiary/aromatic N) is 1. The molecule has 0 bridgehead atoms. The zero-order chi connectivity index (χ0) is 11.2. The van der Waals surface area contributed by atoms with Crippen LogP contribution < -0.4 is 5.56 Å². The lowest BCUT2D eigenvalue weighted by atomic mass is 10.2. The lowest BCUT2D eigenvalue weighted by Crippen LogP contribution is -2.24. The average molecular weight is 230 g/mol. The maximum absolute atomic E-state index is 11.7. The van der Waals surface area contributed by atoms with Crippen molar-refractivity contribution >= 4 is 9.84 Å². The summed E-state index contributed by atoms with van der Waals surface area (Å²) < 4.78 is 24.0. The van der Waals surface area contributed by atoms with Crippen molar-refractivity contribution in [3.63, 3.8) is 0 Å². The first kappa shape index (κ1) is 10.5. The van der Waals surface area contributed by atoms with E-state index in [2.05, 4.69) is 5.10 Å². The molecule has 0 aromatic carbocycles. The van der Waals surface area contributed by atoms with E-state index in [0.29, 0.717) is 12.0 Å². The number of hydrogen-bond acceptors (Lipinski definition) is 3. The van der Waals surface area contributed by atoms with Crippen LogP contribution in [0.3, 0.4) is 0 Å². The Hall–Kier alpha value is -1.04. The predicted molar refractivity (Wildman–Crippen MR) is 56.8 cm³/mol. The van der Waals surface area contributed by atoms with Gasteiger partial charge in [0, 0.05) is 11.3 Å². The minimum atomic E-state index is -2.94. The Labute approximate surface area is 88.0 Å². The van der Waals surface area contributed by atoms with Crippen molar-refractivity contribution in [3.05, 3.63) is 21.6 Å². The second-order valence-electron chi connectivity index (χ2n) is 4.09. The molecule has 0 radical (unpaired) electrons. The number of sulfone groups is 1. The highest BCUT2D eigenvalue weighted by molar-refractivity contribution is 7.91. The summed E-state index contributed by atoms with van der Waals surface area (Å²) >= 11 is 0. The van der Waals surface area contributed by atoms with E-state index in [1.54, 1.807) is 6.92 Å². The van der Waals surface area contributed by atoms with Gasteiger partial charge in [-0.25, -0.2) is 13.1 Å². The van der Waals surface area contributed by atoms with Gasteiger partial charge in [0.25, 0.3) is 5.56 Å². The molecule has 1 aromatic heterocycles. The van der Waals surface area contributed by atoms with Crippen molar-refractivity contribution < 1.29 is 8.42 Å². The van der Waals surface area contributed by atoms with Crippen LogP contribution in [-0.4, -0.2) is 29.7 Å². The highest BCUT2D eigenvalue weighted by Gasteiger charge is 2.30. The summed E-state index contributed by atoms with van der Waals surface area (Å²) in [5.41, 5.74) is 1.37. The van der Waals surface area contributed by atoms with E-state index < -0.39 is 9.84 Å². The van der Waals surface area contributed by atoms with Crippen LogP contribution in [0.1, 0.15) is 23.7 Å². The van der Waals surface area contributed by atoms with E-state index in [9.17, 15) is 13.2 Å². The normalized spacial score (nSPS) is 24.5. The number of aromatic nitrogens is 2. The largest absolute Gasteiger partial charge is 0.299 e. The third kappa shape index (κ3) is 1.73. The first-order valence-corrected chi connectivity index (χ1v) is 6.71. The molecular weight excluding hydrogens is 216 g/mol. The maximum Gasteiger partial charge on any atom is 0.269 e. The van der Waals surface area contributed by atoms with E-state index >= 15 is 0 Å². The molecule has 2 heterocycles. The fourth-order valence-corrected chi connectivity index (χ4v) is 3.59. The molecule has 1 N–H and O–H groups in total. The molecule has 5 nitrogen and oxygen atoms in total. The summed E-state index contributed by atoms with van der Waals surface area (Å²) in [5, 5.41) is 2.93. The number of aromatic amines is 1. The molecule has 6 heteroatoms. The number of nitrogens with one attached hydrogen (secondary N) is 1. The smallest absolute Gasteiger partial charge is 0.269 e. The summed E-state index contributed by atoms with van der Waals surface area (Å²) in [7, 11) is -2.94. The van der Waals surface area contributed by atoms with Gasteiger partial charge in [0.05, 0.1) is 17.5 Å². The van der Waals surface area contributed by atoms with Crippen LogP contribution in [0.2, 0.25) is 0 Å². The van der Waals surface area contributed by atoms with Crippen molar-refractivity contribution in [2.75, 3.05) is 11.5 Å². The van der Waals surface area contributed by atoms with Crippen molar-refractivity contribution in [1.82, 2.24) is 9.78 Å². The second kappa shape index (κ2) is 3.23. The second-order valence-corrected chi connectivity index (χ2v) is 6.32. The van der Waals surface area contributed by atoms with Gasteiger partial charge < -0.3 is 0 Å². The van der Waals surface area contributed by atoms with Crippen LogP contribution >= 0.6 is 0 Å². The molecule has 1 aliphatic rings. The van der Waals surface area contributed by atoms with Crippen LogP contribution in [0.5, 0.6) is 0 Å². The van der Waals surface area contributed by atoms with Crippen LogP contribution in [0.4, 0.5) is 0 Å². The van der Waals surface area contributed by atoms with E-state index in [-0.39, 0.29) is 23.1 Å². The number of rotatable bonds is 1.